The zero-order valence-electron chi connectivity index (χ0n) is 12.8. The Balaban J connectivity index is 0.00000264. The molecule has 1 unspecified atom stereocenters. The fourth-order valence-corrected chi connectivity index (χ4v) is 3.44. The second-order valence-electron chi connectivity index (χ2n) is 5.62. The topological polar surface area (TPSA) is 55.1 Å². The highest BCUT2D eigenvalue weighted by Crippen LogP contribution is 2.27. The quantitative estimate of drug-likeness (QED) is 0.748. The number of hydrogen-bond acceptors (Lipinski definition) is 3. The highest BCUT2D eigenvalue weighted by atomic mass is 35.5. The highest BCUT2D eigenvalue weighted by molar-refractivity contribution is 7.99. The molecule has 1 aliphatic rings. The molecule has 0 heterocycles. The van der Waals surface area contributed by atoms with Gasteiger partial charge in [-0.25, -0.2) is 0 Å². The Morgan fingerprint density at radius 2 is 1.83 bits per heavy atom. The monoisotopic (exact) mass is 364 g/mol. The molecule has 1 fully saturated rings. The lowest BCUT2D eigenvalue weighted by atomic mass is 9.84. The number of halogens is 3. The lowest BCUT2D eigenvalue weighted by Crippen LogP contribution is -2.45. The van der Waals surface area contributed by atoms with Gasteiger partial charge in [-0.1, -0.05) is 31.0 Å². The maximum absolute atomic E-state index is 12.3. The molecular formula is C16H23ClF2N2OS. The fraction of sp³-hybridized carbons (Fsp3) is 0.562. The smallest absolute Gasteiger partial charge is 0.288 e. The number of nitrogens with one attached hydrogen (secondary N) is 1. The predicted molar refractivity (Wildman–Crippen MR) is 92.4 cm³/mol. The molecule has 0 bridgehead atoms. The summed E-state index contributed by atoms with van der Waals surface area (Å²) >= 11 is 0.475. The number of carbonyl (C=O) groups is 1. The molecule has 0 spiro atoms. The predicted octanol–water partition coefficient (Wildman–Crippen LogP) is 4.06. The van der Waals surface area contributed by atoms with Gasteiger partial charge in [-0.15, -0.1) is 12.4 Å². The van der Waals surface area contributed by atoms with E-state index >= 15 is 0 Å². The van der Waals surface area contributed by atoms with Gasteiger partial charge in [0.2, 0.25) is 0 Å². The van der Waals surface area contributed by atoms with Crippen LogP contribution in [0, 0.1) is 5.92 Å². The average Bonchev–Trinajstić information content (AvgIpc) is 2.53. The van der Waals surface area contributed by atoms with Gasteiger partial charge in [0.1, 0.15) is 0 Å². The molecule has 2 rings (SSSR count). The van der Waals surface area contributed by atoms with Gasteiger partial charge < -0.3 is 11.1 Å². The molecule has 1 amide bonds. The number of amides is 1. The number of hydrogen-bond donors (Lipinski definition) is 2. The van der Waals surface area contributed by atoms with E-state index in [9.17, 15) is 13.6 Å². The summed E-state index contributed by atoms with van der Waals surface area (Å²) in [4.78, 5) is 12.7. The van der Waals surface area contributed by atoms with E-state index in [1.165, 1.54) is 19.3 Å². The van der Waals surface area contributed by atoms with Crippen LogP contribution < -0.4 is 11.1 Å². The maximum Gasteiger partial charge on any atom is 0.288 e. The van der Waals surface area contributed by atoms with Crippen LogP contribution in [-0.4, -0.2) is 24.3 Å². The first-order valence-electron chi connectivity index (χ1n) is 7.66. The molecule has 130 valence electrons. The summed E-state index contributed by atoms with van der Waals surface area (Å²) in [5, 5.41) is 2.99. The van der Waals surface area contributed by atoms with Crippen molar-refractivity contribution in [2.75, 3.05) is 6.54 Å². The van der Waals surface area contributed by atoms with E-state index in [1.807, 2.05) is 0 Å². The van der Waals surface area contributed by atoms with Crippen molar-refractivity contribution >= 4 is 30.1 Å². The molecule has 0 saturated heterocycles. The lowest BCUT2D eigenvalue weighted by Gasteiger charge is -2.30. The van der Waals surface area contributed by atoms with E-state index in [0.717, 1.165) is 12.8 Å². The standard InChI is InChI=1S/C16H22F2N2OS.ClH/c17-16(18)22-13-8-6-12(7-9-13)15(21)20-14(10-19)11-4-2-1-3-5-11;/h6-9,11,14,16H,1-5,10,19H2,(H,20,21);1H. The van der Waals surface area contributed by atoms with Crippen molar-refractivity contribution in [3.63, 3.8) is 0 Å². The maximum atomic E-state index is 12.3. The van der Waals surface area contributed by atoms with E-state index in [2.05, 4.69) is 5.32 Å². The zero-order valence-corrected chi connectivity index (χ0v) is 14.5. The van der Waals surface area contributed by atoms with E-state index < -0.39 is 5.76 Å². The Labute approximate surface area is 146 Å². The van der Waals surface area contributed by atoms with Crippen molar-refractivity contribution < 1.29 is 13.6 Å². The van der Waals surface area contributed by atoms with Crippen molar-refractivity contribution in [1.29, 1.82) is 0 Å². The largest absolute Gasteiger partial charge is 0.348 e. The Kier molecular flexibility index (Phi) is 8.87. The van der Waals surface area contributed by atoms with Gasteiger partial charge in [0.15, 0.2) is 0 Å². The van der Waals surface area contributed by atoms with Crippen molar-refractivity contribution in [3.05, 3.63) is 29.8 Å². The molecule has 0 aliphatic heterocycles. The number of carbonyl (C=O) groups excluding carboxylic acids is 1. The number of thioether (sulfide) groups is 1. The molecule has 1 aliphatic carbocycles. The zero-order chi connectivity index (χ0) is 15.9. The number of rotatable bonds is 6. The summed E-state index contributed by atoms with van der Waals surface area (Å²) in [7, 11) is 0. The fourth-order valence-electron chi connectivity index (χ4n) is 2.95. The van der Waals surface area contributed by atoms with E-state index in [4.69, 9.17) is 5.73 Å². The molecule has 1 saturated carbocycles. The Bertz CT molecular complexity index is 481. The minimum absolute atomic E-state index is 0. The molecule has 23 heavy (non-hydrogen) atoms. The molecule has 7 heteroatoms. The molecular weight excluding hydrogens is 342 g/mol. The van der Waals surface area contributed by atoms with Crippen LogP contribution in [0.2, 0.25) is 0 Å². The minimum atomic E-state index is -2.45. The van der Waals surface area contributed by atoms with Crippen LogP contribution in [0.5, 0.6) is 0 Å². The van der Waals surface area contributed by atoms with Gasteiger partial charge in [0.25, 0.3) is 11.7 Å². The first-order valence-corrected chi connectivity index (χ1v) is 8.54. The molecule has 1 aromatic carbocycles. The summed E-state index contributed by atoms with van der Waals surface area (Å²) in [5.41, 5.74) is 6.29. The van der Waals surface area contributed by atoms with E-state index in [-0.39, 0.29) is 24.4 Å². The summed E-state index contributed by atoms with van der Waals surface area (Å²) < 4.78 is 24.5. The first-order chi connectivity index (χ1) is 10.6. The van der Waals surface area contributed by atoms with Gasteiger partial charge in [0, 0.05) is 23.0 Å². The van der Waals surface area contributed by atoms with Crippen LogP contribution in [0.3, 0.4) is 0 Å². The number of nitrogens with two attached hydrogens (primary N) is 1. The summed E-state index contributed by atoms with van der Waals surface area (Å²) in [6, 6.07) is 6.24. The van der Waals surface area contributed by atoms with Crippen LogP contribution in [0.1, 0.15) is 42.5 Å². The Morgan fingerprint density at radius 3 is 2.35 bits per heavy atom. The summed E-state index contributed by atoms with van der Waals surface area (Å²) in [6.07, 6.45) is 5.84. The SMILES string of the molecule is Cl.NCC(NC(=O)c1ccc(SC(F)F)cc1)C1CCCCC1. The van der Waals surface area contributed by atoms with Crippen LogP contribution in [0.25, 0.3) is 0 Å². The molecule has 3 nitrogen and oxygen atoms in total. The third-order valence-electron chi connectivity index (χ3n) is 4.13. The second kappa shape index (κ2) is 10.1. The molecule has 1 aromatic rings. The van der Waals surface area contributed by atoms with Gasteiger partial charge in [-0.05, 0) is 43.0 Å². The van der Waals surface area contributed by atoms with Crippen molar-refractivity contribution in [3.8, 4) is 0 Å². The van der Waals surface area contributed by atoms with Gasteiger partial charge >= 0.3 is 0 Å². The van der Waals surface area contributed by atoms with E-state index in [0.29, 0.717) is 34.7 Å². The van der Waals surface area contributed by atoms with Gasteiger partial charge in [-0.2, -0.15) is 8.78 Å². The second-order valence-corrected chi connectivity index (χ2v) is 6.68. The Morgan fingerprint density at radius 1 is 1.22 bits per heavy atom. The lowest BCUT2D eigenvalue weighted by molar-refractivity contribution is 0.0915. The molecule has 1 atom stereocenters. The first kappa shape index (κ1) is 20.2. The van der Waals surface area contributed by atoms with Gasteiger partial charge in [-0.3, -0.25) is 4.79 Å². The van der Waals surface area contributed by atoms with Crippen LogP contribution >= 0.6 is 24.2 Å². The van der Waals surface area contributed by atoms with E-state index in [1.54, 1.807) is 24.3 Å². The normalized spacial score (nSPS) is 16.7. The third-order valence-corrected chi connectivity index (χ3v) is 4.85. The average molecular weight is 365 g/mol. The van der Waals surface area contributed by atoms with Crippen molar-refractivity contribution in [2.24, 2.45) is 11.7 Å². The number of alkyl halides is 2. The molecule has 3 N–H and O–H groups in total. The van der Waals surface area contributed by atoms with Crippen LogP contribution in [0.15, 0.2) is 29.2 Å². The minimum Gasteiger partial charge on any atom is -0.348 e. The highest BCUT2D eigenvalue weighted by Gasteiger charge is 2.24. The summed E-state index contributed by atoms with van der Waals surface area (Å²) in [6.45, 7) is 0.426. The van der Waals surface area contributed by atoms with Crippen molar-refractivity contribution in [1.82, 2.24) is 5.32 Å². The molecule has 0 aromatic heterocycles. The van der Waals surface area contributed by atoms with Gasteiger partial charge in [0.05, 0.1) is 0 Å². The Hall–Kier alpha value is -0.850. The van der Waals surface area contributed by atoms with Crippen LogP contribution in [-0.2, 0) is 0 Å². The van der Waals surface area contributed by atoms with Crippen LogP contribution in [0.4, 0.5) is 8.78 Å². The molecule has 0 radical (unpaired) electrons. The summed E-state index contributed by atoms with van der Waals surface area (Å²) in [5.74, 6) is -2.20. The number of benzene rings is 1. The third kappa shape index (κ3) is 6.28. The van der Waals surface area contributed by atoms with Crippen molar-refractivity contribution in [2.45, 2.75) is 48.8 Å².